The maximum atomic E-state index is 11.8. The third-order valence-corrected chi connectivity index (χ3v) is 3.68. The van der Waals surface area contributed by atoms with E-state index in [4.69, 9.17) is 5.73 Å². The molecule has 1 fully saturated rings. The summed E-state index contributed by atoms with van der Waals surface area (Å²) in [6.07, 6.45) is 1.06. The molecule has 0 unspecified atom stereocenters. The van der Waals surface area contributed by atoms with Gasteiger partial charge in [-0.15, -0.1) is 0 Å². The van der Waals surface area contributed by atoms with E-state index in [1.165, 1.54) is 5.69 Å². The van der Waals surface area contributed by atoms with Crippen molar-refractivity contribution in [3.63, 3.8) is 0 Å². The molecule has 0 saturated carbocycles. The Morgan fingerprint density at radius 2 is 2.05 bits per heavy atom. The van der Waals surface area contributed by atoms with E-state index in [0.29, 0.717) is 6.54 Å². The van der Waals surface area contributed by atoms with Gasteiger partial charge in [-0.1, -0.05) is 6.07 Å². The smallest absolute Gasteiger partial charge is 0.236 e. The van der Waals surface area contributed by atoms with E-state index >= 15 is 0 Å². The normalized spacial score (nSPS) is 16.8. The lowest BCUT2D eigenvalue weighted by Crippen LogP contribution is -2.38. The van der Waals surface area contributed by atoms with Crippen molar-refractivity contribution in [2.75, 3.05) is 57.5 Å². The molecular formula is C15H24N4O. The number of nitrogen functional groups attached to an aromatic ring is 1. The lowest BCUT2D eigenvalue weighted by atomic mass is 10.2. The first-order valence-electron chi connectivity index (χ1n) is 7.09. The first-order valence-corrected chi connectivity index (χ1v) is 7.09. The van der Waals surface area contributed by atoms with Gasteiger partial charge in [-0.05, 0) is 24.6 Å². The number of nitrogens with zero attached hydrogens (tertiary/aromatic N) is 3. The quantitative estimate of drug-likeness (QED) is 0.832. The maximum Gasteiger partial charge on any atom is 0.236 e. The van der Waals surface area contributed by atoms with E-state index in [-0.39, 0.29) is 5.91 Å². The number of benzene rings is 1. The average Bonchev–Trinajstić information content (AvgIpc) is 2.64. The van der Waals surface area contributed by atoms with Crippen LogP contribution in [0, 0.1) is 0 Å². The van der Waals surface area contributed by atoms with Crippen LogP contribution < -0.4 is 10.6 Å². The summed E-state index contributed by atoms with van der Waals surface area (Å²) in [6.45, 7) is 4.34. The van der Waals surface area contributed by atoms with Crippen LogP contribution in [0.25, 0.3) is 0 Å². The number of nitrogens with two attached hydrogens (primary N) is 1. The minimum Gasteiger partial charge on any atom is -0.399 e. The first-order chi connectivity index (χ1) is 9.56. The van der Waals surface area contributed by atoms with E-state index in [1.807, 2.05) is 18.2 Å². The number of hydrogen-bond donors (Lipinski definition) is 1. The minimum absolute atomic E-state index is 0.169. The fraction of sp³-hybridized carbons (Fsp3) is 0.533. The van der Waals surface area contributed by atoms with Gasteiger partial charge in [0.05, 0.1) is 6.54 Å². The lowest BCUT2D eigenvalue weighted by Gasteiger charge is -2.24. The van der Waals surface area contributed by atoms with E-state index in [9.17, 15) is 4.79 Å². The van der Waals surface area contributed by atoms with Gasteiger partial charge in [-0.2, -0.15) is 0 Å². The van der Waals surface area contributed by atoms with E-state index in [2.05, 4.69) is 15.9 Å². The summed E-state index contributed by atoms with van der Waals surface area (Å²) in [4.78, 5) is 18.0. The van der Waals surface area contributed by atoms with Crippen molar-refractivity contribution >= 4 is 17.3 Å². The zero-order valence-corrected chi connectivity index (χ0v) is 12.4. The topological polar surface area (TPSA) is 52.8 Å². The first kappa shape index (κ1) is 14.7. The third-order valence-electron chi connectivity index (χ3n) is 3.68. The van der Waals surface area contributed by atoms with Crippen LogP contribution >= 0.6 is 0 Å². The summed E-state index contributed by atoms with van der Waals surface area (Å²) >= 11 is 0. The molecule has 0 aliphatic carbocycles. The van der Waals surface area contributed by atoms with Crippen molar-refractivity contribution in [1.82, 2.24) is 9.80 Å². The molecule has 0 spiro atoms. The summed E-state index contributed by atoms with van der Waals surface area (Å²) in [6, 6.07) is 8.00. The molecule has 20 heavy (non-hydrogen) atoms. The van der Waals surface area contributed by atoms with Crippen LogP contribution in [-0.4, -0.2) is 62.5 Å². The Hall–Kier alpha value is -1.75. The molecule has 0 atom stereocenters. The van der Waals surface area contributed by atoms with Crippen LogP contribution in [0.15, 0.2) is 24.3 Å². The molecule has 1 aromatic carbocycles. The number of rotatable bonds is 3. The Labute approximate surface area is 120 Å². The van der Waals surface area contributed by atoms with Crippen LogP contribution in [-0.2, 0) is 4.79 Å². The number of carbonyl (C=O) groups is 1. The van der Waals surface area contributed by atoms with Gasteiger partial charge in [0.1, 0.15) is 0 Å². The Morgan fingerprint density at radius 3 is 2.75 bits per heavy atom. The molecule has 1 aliphatic rings. The molecule has 2 N–H and O–H groups in total. The highest BCUT2D eigenvalue weighted by Gasteiger charge is 2.18. The highest BCUT2D eigenvalue weighted by Crippen LogP contribution is 2.19. The zero-order chi connectivity index (χ0) is 14.5. The molecule has 2 rings (SSSR count). The van der Waals surface area contributed by atoms with Gasteiger partial charge >= 0.3 is 0 Å². The highest BCUT2D eigenvalue weighted by atomic mass is 16.2. The van der Waals surface area contributed by atoms with Crippen molar-refractivity contribution in [2.24, 2.45) is 0 Å². The van der Waals surface area contributed by atoms with E-state index in [1.54, 1.807) is 19.0 Å². The largest absolute Gasteiger partial charge is 0.399 e. The second kappa shape index (κ2) is 6.61. The number of likely N-dealkylation sites (N-methyl/N-ethyl adjacent to an activating group) is 1. The Balaban J connectivity index is 1.94. The monoisotopic (exact) mass is 276 g/mol. The standard InChI is InChI=1S/C15H24N4O/c1-17(2)15(20)12-18-7-4-8-19(10-9-18)14-6-3-5-13(16)11-14/h3,5-6,11H,4,7-10,12,16H2,1-2H3. The van der Waals surface area contributed by atoms with Gasteiger partial charge in [0.2, 0.25) is 5.91 Å². The second-order valence-electron chi connectivity index (χ2n) is 5.50. The van der Waals surface area contributed by atoms with Crippen LogP contribution in [0.1, 0.15) is 6.42 Å². The fourth-order valence-electron chi connectivity index (χ4n) is 2.44. The summed E-state index contributed by atoms with van der Waals surface area (Å²) < 4.78 is 0. The summed E-state index contributed by atoms with van der Waals surface area (Å²) in [7, 11) is 3.61. The van der Waals surface area contributed by atoms with Gasteiger partial charge in [0.15, 0.2) is 0 Å². The predicted molar refractivity (Wildman–Crippen MR) is 82.8 cm³/mol. The molecule has 1 aromatic rings. The van der Waals surface area contributed by atoms with E-state index < -0.39 is 0 Å². The maximum absolute atomic E-state index is 11.8. The van der Waals surface area contributed by atoms with Crippen LogP contribution in [0.3, 0.4) is 0 Å². The van der Waals surface area contributed by atoms with Crippen molar-refractivity contribution in [2.45, 2.75) is 6.42 Å². The number of anilines is 2. The van der Waals surface area contributed by atoms with Crippen molar-refractivity contribution < 1.29 is 4.79 Å². The summed E-state index contributed by atoms with van der Waals surface area (Å²) in [5.74, 6) is 0.169. The molecule has 0 bridgehead atoms. The summed E-state index contributed by atoms with van der Waals surface area (Å²) in [5, 5.41) is 0. The molecule has 5 heteroatoms. The number of amides is 1. The molecule has 1 saturated heterocycles. The number of hydrogen-bond acceptors (Lipinski definition) is 4. The molecule has 1 aliphatic heterocycles. The Kier molecular flexibility index (Phi) is 4.84. The van der Waals surface area contributed by atoms with E-state index in [0.717, 1.165) is 38.3 Å². The second-order valence-corrected chi connectivity index (χ2v) is 5.50. The SMILES string of the molecule is CN(C)C(=O)CN1CCCN(c2cccc(N)c2)CC1. The summed E-state index contributed by atoms with van der Waals surface area (Å²) in [5.41, 5.74) is 7.81. The molecule has 110 valence electrons. The fourth-order valence-corrected chi connectivity index (χ4v) is 2.44. The van der Waals surface area contributed by atoms with Crippen LogP contribution in [0.5, 0.6) is 0 Å². The Morgan fingerprint density at radius 1 is 1.25 bits per heavy atom. The molecule has 0 radical (unpaired) electrons. The highest BCUT2D eigenvalue weighted by molar-refractivity contribution is 5.77. The van der Waals surface area contributed by atoms with Crippen LogP contribution in [0.2, 0.25) is 0 Å². The minimum atomic E-state index is 0.169. The lowest BCUT2D eigenvalue weighted by molar-refractivity contribution is -0.129. The number of carbonyl (C=O) groups excluding carboxylic acids is 1. The van der Waals surface area contributed by atoms with Crippen molar-refractivity contribution in [3.05, 3.63) is 24.3 Å². The average molecular weight is 276 g/mol. The predicted octanol–water partition coefficient (Wildman–Crippen LogP) is 0.869. The molecule has 5 nitrogen and oxygen atoms in total. The molecular weight excluding hydrogens is 252 g/mol. The van der Waals surface area contributed by atoms with Gasteiger partial charge in [-0.3, -0.25) is 9.69 Å². The van der Waals surface area contributed by atoms with Crippen molar-refractivity contribution in [1.29, 1.82) is 0 Å². The Bertz CT molecular complexity index is 461. The van der Waals surface area contributed by atoms with Gasteiger partial charge in [-0.25, -0.2) is 0 Å². The van der Waals surface area contributed by atoms with Crippen LogP contribution in [0.4, 0.5) is 11.4 Å². The zero-order valence-electron chi connectivity index (χ0n) is 12.4. The van der Waals surface area contributed by atoms with Gasteiger partial charge < -0.3 is 15.5 Å². The van der Waals surface area contributed by atoms with Crippen molar-refractivity contribution in [3.8, 4) is 0 Å². The molecule has 1 heterocycles. The van der Waals surface area contributed by atoms with Gasteiger partial charge in [0, 0.05) is 51.6 Å². The molecule has 0 aromatic heterocycles. The third kappa shape index (κ3) is 3.87. The van der Waals surface area contributed by atoms with Gasteiger partial charge in [0.25, 0.3) is 0 Å². The molecule has 1 amide bonds.